The summed E-state index contributed by atoms with van der Waals surface area (Å²) >= 11 is 3.41. The number of halogens is 1. The Labute approximate surface area is 120 Å². The molecule has 0 unspecified atom stereocenters. The van der Waals surface area contributed by atoms with E-state index in [0.717, 1.165) is 21.2 Å². The van der Waals surface area contributed by atoms with Crippen LogP contribution >= 0.6 is 15.9 Å². The van der Waals surface area contributed by atoms with Gasteiger partial charge in [0.25, 0.3) is 0 Å². The zero-order valence-corrected chi connectivity index (χ0v) is 11.8. The van der Waals surface area contributed by atoms with Crippen LogP contribution in [0.4, 0.5) is 0 Å². The van der Waals surface area contributed by atoms with Gasteiger partial charge in [0.1, 0.15) is 12.4 Å². The number of hydrogen-bond donors (Lipinski definition) is 0. The topological polar surface area (TPSA) is 22.1 Å². The van der Waals surface area contributed by atoms with E-state index in [9.17, 15) is 0 Å². The molecule has 1 heterocycles. The summed E-state index contributed by atoms with van der Waals surface area (Å²) in [5.41, 5.74) is 1.04. The zero-order chi connectivity index (χ0) is 13.1. The number of ether oxygens (including phenoxy) is 1. The number of hydrogen-bond acceptors (Lipinski definition) is 2. The van der Waals surface area contributed by atoms with Crippen molar-refractivity contribution in [1.82, 2.24) is 4.98 Å². The maximum Gasteiger partial charge on any atom is 0.127 e. The van der Waals surface area contributed by atoms with Crippen LogP contribution in [0.2, 0.25) is 0 Å². The number of fused-ring (bicyclic) bond motifs is 1. The monoisotopic (exact) mass is 313 g/mol. The minimum Gasteiger partial charge on any atom is -0.488 e. The van der Waals surface area contributed by atoms with Crippen LogP contribution in [0.1, 0.15) is 5.56 Å². The van der Waals surface area contributed by atoms with E-state index in [-0.39, 0.29) is 0 Å². The van der Waals surface area contributed by atoms with Crippen molar-refractivity contribution in [3.8, 4) is 5.75 Å². The Hall–Kier alpha value is -1.87. The quantitative estimate of drug-likeness (QED) is 0.706. The van der Waals surface area contributed by atoms with Crippen molar-refractivity contribution in [3.05, 3.63) is 71.0 Å². The molecule has 0 saturated heterocycles. The predicted molar refractivity (Wildman–Crippen MR) is 80.2 cm³/mol. The van der Waals surface area contributed by atoms with Crippen LogP contribution in [-0.2, 0) is 6.61 Å². The van der Waals surface area contributed by atoms with E-state index >= 15 is 0 Å². The lowest BCUT2D eigenvalue weighted by Gasteiger charge is -2.09. The van der Waals surface area contributed by atoms with Crippen molar-refractivity contribution in [1.29, 1.82) is 0 Å². The first kappa shape index (κ1) is 12.2. The summed E-state index contributed by atoms with van der Waals surface area (Å²) in [7, 11) is 0. The number of pyridine rings is 1. The number of nitrogens with zero attached hydrogens (tertiary/aromatic N) is 1. The Bertz CT molecular complexity index is 706. The van der Waals surface area contributed by atoms with Gasteiger partial charge in [-0.3, -0.25) is 4.98 Å². The Morgan fingerprint density at radius 1 is 1.00 bits per heavy atom. The largest absolute Gasteiger partial charge is 0.488 e. The van der Waals surface area contributed by atoms with Crippen LogP contribution in [0.25, 0.3) is 10.8 Å². The molecule has 0 amide bonds. The van der Waals surface area contributed by atoms with Crippen LogP contribution in [0.5, 0.6) is 5.75 Å². The molecule has 94 valence electrons. The van der Waals surface area contributed by atoms with Crippen molar-refractivity contribution in [2.24, 2.45) is 0 Å². The summed E-state index contributed by atoms with van der Waals surface area (Å²) in [5.74, 6) is 0.901. The molecule has 0 spiro atoms. The first-order valence-corrected chi connectivity index (χ1v) is 6.82. The smallest absolute Gasteiger partial charge is 0.127 e. The van der Waals surface area contributed by atoms with Gasteiger partial charge >= 0.3 is 0 Å². The van der Waals surface area contributed by atoms with Crippen molar-refractivity contribution >= 4 is 26.7 Å². The molecule has 0 fully saturated rings. The van der Waals surface area contributed by atoms with Crippen molar-refractivity contribution in [2.45, 2.75) is 6.61 Å². The van der Waals surface area contributed by atoms with Crippen LogP contribution in [0, 0.1) is 0 Å². The fourth-order valence-corrected chi connectivity index (χ4v) is 2.43. The van der Waals surface area contributed by atoms with Gasteiger partial charge in [0, 0.05) is 27.8 Å². The molecular weight excluding hydrogens is 302 g/mol. The van der Waals surface area contributed by atoms with Gasteiger partial charge in [0.2, 0.25) is 0 Å². The first-order valence-electron chi connectivity index (χ1n) is 6.03. The van der Waals surface area contributed by atoms with Crippen LogP contribution in [0.15, 0.2) is 65.4 Å². The highest BCUT2D eigenvalue weighted by atomic mass is 79.9. The molecule has 0 saturated carbocycles. The molecule has 3 aromatic rings. The highest BCUT2D eigenvalue weighted by Crippen LogP contribution is 2.26. The fourth-order valence-electron chi connectivity index (χ4n) is 2.02. The van der Waals surface area contributed by atoms with Crippen LogP contribution in [0.3, 0.4) is 0 Å². The van der Waals surface area contributed by atoms with Gasteiger partial charge in [0.05, 0.1) is 0 Å². The van der Waals surface area contributed by atoms with Gasteiger partial charge in [-0.05, 0) is 33.4 Å². The molecule has 3 rings (SSSR count). The van der Waals surface area contributed by atoms with Gasteiger partial charge < -0.3 is 4.74 Å². The molecular formula is C16H12BrNO. The van der Waals surface area contributed by atoms with E-state index in [1.165, 1.54) is 5.39 Å². The fraction of sp³-hybridized carbons (Fsp3) is 0.0625. The van der Waals surface area contributed by atoms with Gasteiger partial charge in [-0.2, -0.15) is 0 Å². The minimum atomic E-state index is 0.514. The van der Waals surface area contributed by atoms with E-state index < -0.39 is 0 Å². The first-order chi connectivity index (χ1) is 9.33. The van der Waals surface area contributed by atoms with E-state index in [2.05, 4.69) is 39.1 Å². The van der Waals surface area contributed by atoms with Gasteiger partial charge in [-0.15, -0.1) is 0 Å². The van der Waals surface area contributed by atoms with E-state index in [1.807, 2.05) is 36.5 Å². The van der Waals surface area contributed by atoms with Crippen molar-refractivity contribution in [3.63, 3.8) is 0 Å². The highest BCUT2D eigenvalue weighted by molar-refractivity contribution is 9.10. The summed E-state index contributed by atoms with van der Waals surface area (Å²) in [6.07, 6.45) is 3.58. The minimum absolute atomic E-state index is 0.514. The maximum atomic E-state index is 5.90. The molecule has 3 heteroatoms. The Morgan fingerprint density at radius 3 is 2.74 bits per heavy atom. The molecule has 0 bridgehead atoms. The highest BCUT2D eigenvalue weighted by Gasteiger charge is 2.02. The van der Waals surface area contributed by atoms with Gasteiger partial charge in [0.15, 0.2) is 0 Å². The molecule has 2 aromatic carbocycles. The summed E-state index contributed by atoms with van der Waals surface area (Å²) in [5, 5.41) is 2.32. The average molecular weight is 314 g/mol. The third kappa shape index (κ3) is 2.76. The summed E-state index contributed by atoms with van der Waals surface area (Å²) in [6, 6.07) is 16.3. The SMILES string of the molecule is Brc1cncc(COc2cccc3ccccc23)c1. The lowest BCUT2D eigenvalue weighted by Crippen LogP contribution is -1.96. The van der Waals surface area contributed by atoms with Crippen molar-refractivity contribution < 1.29 is 4.74 Å². The second-order valence-electron chi connectivity index (χ2n) is 4.28. The molecule has 2 nitrogen and oxygen atoms in total. The molecule has 0 radical (unpaired) electrons. The van der Waals surface area contributed by atoms with Crippen LogP contribution in [-0.4, -0.2) is 4.98 Å². The third-order valence-corrected chi connectivity index (χ3v) is 3.34. The summed E-state index contributed by atoms with van der Waals surface area (Å²) in [4.78, 5) is 4.13. The molecule has 0 atom stereocenters. The molecule has 0 aliphatic heterocycles. The molecule has 0 aliphatic rings. The number of benzene rings is 2. The maximum absolute atomic E-state index is 5.90. The van der Waals surface area contributed by atoms with E-state index in [1.54, 1.807) is 6.20 Å². The second kappa shape index (κ2) is 5.41. The van der Waals surface area contributed by atoms with E-state index in [4.69, 9.17) is 4.74 Å². The average Bonchev–Trinajstić information content (AvgIpc) is 2.45. The molecule has 19 heavy (non-hydrogen) atoms. The van der Waals surface area contributed by atoms with Crippen molar-refractivity contribution in [2.75, 3.05) is 0 Å². The van der Waals surface area contributed by atoms with Gasteiger partial charge in [-0.25, -0.2) is 0 Å². The standard InChI is InChI=1S/C16H12BrNO/c17-14-8-12(9-18-10-14)11-19-16-7-3-5-13-4-1-2-6-15(13)16/h1-10H,11H2. The number of rotatable bonds is 3. The Morgan fingerprint density at radius 2 is 1.84 bits per heavy atom. The summed E-state index contributed by atoms with van der Waals surface area (Å²) in [6.45, 7) is 0.514. The van der Waals surface area contributed by atoms with Gasteiger partial charge in [-0.1, -0.05) is 36.4 Å². The lowest BCUT2D eigenvalue weighted by molar-refractivity contribution is 0.309. The summed E-state index contributed by atoms with van der Waals surface area (Å²) < 4.78 is 6.86. The van der Waals surface area contributed by atoms with E-state index in [0.29, 0.717) is 6.61 Å². The Kier molecular flexibility index (Phi) is 3.47. The molecule has 1 aromatic heterocycles. The molecule has 0 aliphatic carbocycles. The lowest BCUT2D eigenvalue weighted by atomic mass is 10.1. The normalized spacial score (nSPS) is 10.6. The predicted octanol–water partition coefficient (Wildman–Crippen LogP) is 4.58. The Balaban J connectivity index is 1.86. The zero-order valence-electron chi connectivity index (χ0n) is 10.2. The second-order valence-corrected chi connectivity index (χ2v) is 5.19. The molecule has 0 N–H and O–H groups in total. The number of aromatic nitrogens is 1. The van der Waals surface area contributed by atoms with Crippen LogP contribution < -0.4 is 4.74 Å². The third-order valence-electron chi connectivity index (χ3n) is 2.91.